The van der Waals surface area contributed by atoms with Gasteiger partial charge in [-0.05, 0) is 31.2 Å². The van der Waals surface area contributed by atoms with E-state index in [1.807, 2.05) is 37.3 Å². The second-order valence-electron chi connectivity index (χ2n) is 5.63. The second-order valence-corrected chi connectivity index (χ2v) is 5.63. The monoisotopic (exact) mass is 290 g/mol. The van der Waals surface area contributed by atoms with Crippen LogP contribution in [0.15, 0.2) is 30.3 Å². The molecule has 5 heteroatoms. The Morgan fingerprint density at radius 1 is 1.38 bits per heavy atom. The van der Waals surface area contributed by atoms with Crippen molar-refractivity contribution in [2.24, 2.45) is 5.92 Å². The van der Waals surface area contributed by atoms with E-state index in [9.17, 15) is 9.59 Å². The normalized spacial score (nSPS) is 19.9. The second kappa shape index (κ2) is 7.11. The minimum absolute atomic E-state index is 0.0569. The first-order chi connectivity index (χ1) is 10.1. The molecule has 2 amide bonds. The van der Waals surface area contributed by atoms with Gasteiger partial charge in [-0.1, -0.05) is 30.3 Å². The van der Waals surface area contributed by atoms with Gasteiger partial charge in [-0.2, -0.15) is 0 Å². The predicted molar refractivity (Wildman–Crippen MR) is 79.9 cm³/mol. The van der Waals surface area contributed by atoms with E-state index >= 15 is 0 Å². The summed E-state index contributed by atoms with van der Waals surface area (Å²) >= 11 is 0. The summed E-state index contributed by atoms with van der Waals surface area (Å²) in [5.41, 5.74) is 1.06. The average Bonchev–Trinajstić information content (AvgIpc) is 2.47. The summed E-state index contributed by atoms with van der Waals surface area (Å²) in [6, 6.07) is 9.63. The number of likely N-dealkylation sites (tertiary alicyclic amines) is 1. The number of nitrogens with zero attached hydrogens (tertiary/aromatic N) is 1. The molecule has 0 aromatic heterocycles. The molecule has 21 heavy (non-hydrogen) atoms. The highest BCUT2D eigenvalue weighted by Crippen LogP contribution is 2.20. The molecule has 2 N–H and O–H groups in total. The standard InChI is InChI=1S/C16H22N2O3/c1-12(14-7-3-2-4-8-14)17-16(21)18-9-5-6-13(11-18)10-15(19)20/h2-4,7-8,12-13H,5-6,9-11H2,1H3,(H,17,21)(H,19,20). The van der Waals surface area contributed by atoms with Crippen LogP contribution in [0.1, 0.15) is 37.8 Å². The van der Waals surface area contributed by atoms with Crippen LogP contribution < -0.4 is 5.32 Å². The Balaban J connectivity index is 1.89. The molecule has 0 bridgehead atoms. The van der Waals surface area contributed by atoms with E-state index in [0.29, 0.717) is 13.1 Å². The van der Waals surface area contributed by atoms with Crippen LogP contribution in [-0.4, -0.2) is 35.1 Å². The van der Waals surface area contributed by atoms with Crippen molar-refractivity contribution >= 4 is 12.0 Å². The molecule has 1 fully saturated rings. The average molecular weight is 290 g/mol. The number of rotatable bonds is 4. The first-order valence-corrected chi connectivity index (χ1v) is 7.38. The predicted octanol–water partition coefficient (Wildman–Crippen LogP) is 2.64. The maximum Gasteiger partial charge on any atom is 0.317 e. The van der Waals surface area contributed by atoms with Gasteiger partial charge < -0.3 is 15.3 Å². The van der Waals surface area contributed by atoms with Crippen molar-refractivity contribution in [1.82, 2.24) is 10.2 Å². The minimum atomic E-state index is -0.792. The zero-order chi connectivity index (χ0) is 15.2. The van der Waals surface area contributed by atoms with Crippen molar-refractivity contribution in [3.63, 3.8) is 0 Å². The number of urea groups is 1. The molecule has 1 heterocycles. The van der Waals surface area contributed by atoms with Gasteiger partial charge in [0.05, 0.1) is 6.04 Å². The Bertz CT molecular complexity index is 490. The van der Waals surface area contributed by atoms with Crippen molar-refractivity contribution in [1.29, 1.82) is 0 Å². The molecule has 1 aliphatic heterocycles. The third-order valence-corrected chi connectivity index (χ3v) is 3.91. The van der Waals surface area contributed by atoms with Crippen LogP contribution in [0.2, 0.25) is 0 Å². The third-order valence-electron chi connectivity index (χ3n) is 3.91. The minimum Gasteiger partial charge on any atom is -0.481 e. The molecule has 1 aliphatic rings. The SMILES string of the molecule is CC(NC(=O)N1CCCC(CC(=O)O)C1)c1ccccc1. The lowest BCUT2D eigenvalue weighted by Crippen LogP contribution is -2.46. The Labute approximate surface area is 125 Å². The highest BCUT2D eigenvalue weighted by Gasteiger charge is 2.25. The highest BCUT2D eigenvalue weighted by atomic mass is 16.4. The lowest BCUT2D eigenvalue weighted by molar-refractivity contribution is -0.138. The fourth-order valence-electron chi connectivity index (χ4n) is 2.76. The molecule has 0 aliphatic carbocycles. The molecule has 5 nitrogen and oxygen atoms in total. The van der Waals surface area contributed by atoms with Gasteiger partial charge in [0.25, 0.3) is 0 Å². The number of carboxylic acid groups (broad SMARTS) is 1. The third kappa shape index (κ3) is 4.48. The molecule has 114 valence electrons. The molecule has 1 aromatic rings. The van der Waals surface area contributed by atoms with E-state index in [-0.39, 0.29) is 24.4 Å². The van der Waals surface area contributed by atoms with E-state index in [2.05, 4.69) is 5.32 Å². The van der Waals surface area contributed by atoms with Crippen LogP contribution in [0, 0.1) is 5.92 Å². The molecule has 2 atom stereocenters. The molecule has 2 rings (SSSR count). The maximum absolute atomic E-state index is 12.3. The number of carboxylic acids is 1. The summed E-state index contributed by atoms with van der Waals surface area (Å²) in [6.45, 7) is 3.18. The summed E-state index contributed by atoms with van der Waals surface area (Å²) in [5.74, 6) is -0.728. The number of benzene rings is 1. The van der Waals surface area contributed by atoms with Gasteiger partial charge in [-0.25, -0.2) is 4.79 Å². The number of aliphatic carboxylic acids is 1. The van der Waals surface area contributed by atoms with E-state index < -0.39 is 5.97 Å². The number of carbonyl (C=O) groups excluding carboxylic acids is 1. The van der Waals surface area contributed by atoms with Crippen molar-refractivity contribution in [2.75, 3.05) is 13.1 Å². The zero-order valence-electron chi connectivity index (χ0n) is 12.3. The van der Waals surface area contributed by atoms with Gasteiger partial charge >= 0.3 is 12.0 Å². The van der Waals surface area contributed by atoms with Gasteiger partial charge in [0.15, 0.2) is 0 Å². The van der Waals surface area contributed by atoms with Crippen LogP contribution in [0.4, 0.5) is 4.79 Å². The molecular formula is C16H22N2O3. The van der Waals surface area contributed by atoms with Crippen LogP contribution in [0.3, 0.4) is 0 Å². The van der Waals surface area contributed by atoms with Gasteiger partial charge in [0.1, 0.15) is 0 Å². The van der Waals surface area contributed by atoms with Crippen molar-refractivity contribution in [3.8, 4) is 0 Å². The van der Waals surface area contributed by atoms with Crippen molar-refractivity contribution in [2.45, 2.75) is 32.2 Å². The van der Waals surface area contributed by atoms with Crippen LogP contribution in [0.25, 0.3) is 0 Å². The van der Waals surface area contributed by atoms with Crippen molar-refractivity contribution < 1.29 is 14.7 Å². The molecule has 0 saturated carbocycles. The summed E-state index contributed by atoms with van der Waals surface area (Å²) in [6.07, 6.45) is 1.88. The number of nitrogens with one attached hydrogen (secondary N) is 1. The fourth-order valence-corrected chi connectivity index (χ4v) is 2.76. The number of hydrogen-bond acceptors (Lipinski definition) is 2. The molecule has 0 radical (unpaired) electrons. The summed E-state index contributed by atoms with van der Waals surface area (Å²) < 4.78 is 0. The number of piperidine rings is 1. The van der Waals surface area contributed by atoms with E-state index in [1.165, 1.54) is 0 Å². The molecule has 1 aromatic carbocycles. The first-order valence-electron chi connectivity index (χ1n) is 7.38. The van der Waals surface area contributed by atoms with Gasteiger partial charge in [0.2, 0.25) is 0 Å². The largest absolute Gasteiger partial charge is 0.481 e. The lowest BCUT2D eigenvalue weighted by atomic mass is 9.95. The molecule has 2 unspecified atom stereocenters. The lowest BCUT2D eigenvalue weighted by Gasteiger charge is -2.33. The summed E-state index contributed by atoms with van der Waals surface area (Å²) in [4.78, 5) is 24.8. The van der Waals surface area contributed by atoms with E-state index in [1.54, 1.807) is 4.90 Å². The summed E-state index contributed by atoms with van der Waals surface area (Å²) in [7, 11) is 0. The Kier molecular flexibility index (Phi) is 5.20. The Morgan fingerprint density at radius 2 is 2.10 bits per heavy atom. The quantitative estimate of drug-likeness (QED) is 0.895. The number of carbonyl (C=O) groups is 2. The smallest absolute Gasteiger partial charge is 0.317 e. The molecule has 1 saturated heterocycles. The Hall–Kier alpha value is -2.04. The first kappa shape index (κ1) is 15.4. The number of amides is 2. The van der Waals surface area contributed by atoms with Gasteiger partial charge in [-0.3, -0.25) is 4.79 Å². The van der Waals surface area contributed by atoms with Crippen LogP contribution in [-0.2, 0) is 4.79 Å². The summed E-state index contributed by atoms with van der Waals surface area (Å²) in [5, 5.41) is 11.8. The Morgan fingerprint density at radius 3 is 2.76 bits per heavy atom. The van der Waals surface area contributed by atoms with Gasteiger partial charge in [0, 0.05) is 19.5 Å². The molecular weight excluding hydrogens is 268 g/mol. The van der Waals surface area contributed by atoms with E-state index in [0.717, 1.165) is 18.4 Å². The van der Waals surface area contributed by atoms with Crippen LogP contribution in [0.5, 0.6) is 0 Å². The maximum atomic E-state index is 12.3. The van der Waals surface area contributed by atoms with Crippen molar-refractivity contribution in [3.05, 3.63) is 35.9 Å². The molecule has 0 spiro atoms. The van der Waals surface area contributed by atoms with Crippen LogP contribution >= 0.6 is 0 Å². The topological polar surface area (TPSA) is 69.6 Å². The zero-order valence-corrected chi connectivity index (χ0v) is 12.3. The number of hydrogen-bond donors (Lipinski definition) is 2. The van der Waals surface area contributed by atoms with E-state index in [4.69, 9.17) is 5.11 Å². The fraction of sp³-hybridized carbons (Fsp3) is 0.500. The highest BCUT2D eigenvalue weighted by molar-refractivity contribution is 5.75. The van der Waals surface area contributed by atoms with Gasteiger partial charge in [-0.15, -0.1) is 0 Å².